The molecule has 2 fully saturated rings. The highest BCUT2D eigenvalue weighted by molar-refractivity contribution is 7.89. The molecule has 0 bridgehead atoms. The van der Waals surface area contributed by atoms with Crippen LogP contribution in [0.3, 0.4) is 0 Å². The van der Waals surface area contributed by atoms with E-state index in [9.17, 15) is 18.0 Å². The summed E-state index contributed by atoms with van der Waals surface area (Å²) in [6.07, 6.45) is 2.74. The van der Waals surface area contributed by atoms with E-state index < -0.39 is 16.1 Å². The van der Waals surface area contributed by atoms with E-state index in [4.69, 9.17) is 10.5 Å². The van der Waals surface area contributed by atoms with Crippen LogP contribution in [0.5, 0.6) is 5.75 Å². The first-order chi connectivity index (χ1) is 16.3. The molecule has 182 valence electrons. The minimum absolute atomic E-state index is 0.0580. The standard InChI is InChI=1S/C24H30N4O5S/c1-33-20-6-4-5-17(15-20)23(29)26-19-8-10-21(11-9-19)34(31,32)28-13-3-2-7-22(28)24(30)27-14-12-18(25)16-27/h4-6,8-11,15,18,22H,2-3,7,12-14,16,25H2,1H3,(H,26,29)/t18-,22-/m0/s1. The monoisotopic (exact) mass is 486 g/mol. The Morgan fingerprint density at radius 3 is 2.50 bits per heavy atom. The van der Waals surface area contributed by atoms with Gasteiger partial charge < -0.3 is 20.7 Å². The Bertz CT molecular complexity index is 1150. The van der Waals surface area contributed by atoms with Gasteiger partial charge in [0.05, 0.1) is 12.0 Å². The molecule has 2 saturated heterocycles. The Morgan fingerprint density at radius 2 is 1.82 bits per heavy atom. The summed E-state index contributed by atoms with van der Waals surface area (Å²) in [5.74, 6) is 0.0639. The molecule has 2 amide bonds. The number of rotatable bonds is 6. The summed E-state index contributed by atoms with van der Waals surface area (Å²) in [5, 5.41) is 2.76. The number of nitrogens with zero attached hydrogens (tertiary/aromatic N) is 2. The second-order valence-corrected chi connectivity index (χ2v) is 10.6. The van der Waals surface area contributed by atoms with Crippen molar-refractivity contribution in [3.8, 4) is 5.75 Å². The van der Waals surface area contributed by atoms with Crippen molar-refractivity contribution in [3.05, 3.63) is 54.1 Å². The molecular weight excluding hydrogens is 456 g/mol. The maximum absolute atomic E-state index is 13.4. The van der Waals surface area contributed by atoms with Crippen molar-refractivity contribution in [1.82, 2.24) is 9.21 Å². The van der Waals surface area contributed by atoms with Gasteiger partial charge in [0.25, 0.3) is 5.91 Å². The Balaban J connectivity index is 1.49. The highest BCUT2D eigenvalue weighted by Gasteiger charge is 2.40. The van der Waals surface area contributed by atoms with Gasteiger partial charge in [-0.05, 0) is 61.7 Å². The van der Waals surface area contributed by atoms with Crippen LogP contribution in [-0.2, 0) is 14.8 Å². The average Bonchev–Trinajstić information content (AvgIpc) is 3.30. The molecule has 2 heterocycles. The van der Waals surface area contributed by atoms with E-state index in [1.54, 1.807) is 41.3 Å². The van der Waals surface area contributed by atoms with E-state index >= 15 is 0 Å². The van der Waals surface area contributed by atoms with Crippen molar-refractivity contribution in [1.29, 1.82) is 0 Å². The molecule has 0 aliphatic carbocycles. The van der Waals surface area contributed by atoms with E-state index in [-0.39, 0.29) is 22.8 Å². The number of piperidine rings is 1. The van der Waals surface area contributed by atoms with E-state index in [1.165, 1.54) is 23.5 Å². The predicted molar refractivity (Wildman–Crippen MR) is 128 cm³/mol. The lowest BCUT2D eigenvalue weighted by Crippen LogP contribution is -2.52. The highest BCUT2D eigenvalue weighted by atomic mass is 32.2. The topological polar surface area (TPSA) is 122 Å². The van der Waals surface area contributed by atoms with E-state index in [1.807, 2.05) is 0 Å². The van der Waals surface area contributed by atoms with Crippen LogP contribution in [0.2, 0.25) is 0 Å². The first kappa shape index (κ1) is 24.2. The smallest absolute Gasteiger partial charge is 0.255 e. The lowest BCUT2D eigenvalue weighted by atomic mass is 10.0. The molecule has 4 rings (SSSR count). The third-order valence-corrected chi connectivity index (χ3v) is 8.25. The molecule has 2 aromatic carbocycles. The molecule has 2 atom stereocenters. The number of carbonyl (C=O) groups is 2. The molecule has 0 saturated carbocycles. The van der Waals surface area contributed by atoms with Crippen molar-refractivity contribution < 1.29 is 22.7 Å². The first-order valence-corrected chi connectivity index (χ1v) is 12.9. The van der Waals surface area contributed by atoms with Crippen LogP contribution in [0.4, 0.5) is 5.69 Å². The highest BCUT2D eigenvalue weighted by Crippen LogP contribution is 2.28. The number of nitrogens with two attached hydrogens (primary N) is 1. The van der Waals surface area contributed by atoms with Gasteiger partial charge >= 0.3 is 0 Å². The van der Waals surface area contributed by atoms with Crippen molar-refractivity contribution in [2.75, 3.05) is 32.1 Å². The normalized spacial score (nSPS) is 21.3. The van der Waals surface area contributed by atoms with Gasteiger partial charge in [-0.25, -0.2) is 8.42 Å². The number of hydrogen-bond acceptors (Lipinski definition) is 6. The Labute approximate surface area is 199 Å². The molecule has 9 nitrogen and oxygen atoms in total. The number of ether oxygens (including phenoxy) is 1. The molecule has 0 radical (unpaired) electrons. The minimum Gasteiger partial charge on any atom is -0.497 e. The molecule has 10 heteroatoms. The van der Waals surface area contributed by atoms with Crippen molar-refractivity contribution in [2.45, 2.75) is 42.7 Å². The van der Waals surface area contributed by atoms with Gasteiger partial charge in [0.15, 0.2) is 0 Å². The van der Waals surface area contributed by atoms with Crippen LogP contribution in [0.1, 0.15) is 36.0 Å². The minimum atomic E-state index is -3.88. The molecule has 2 aliphatic heterocycles. The first-order valence-electron chi connectivity index (χ1n) is 11.4. The van der Waals surface area contributed by atoms with Crippen LogP contribution in [-0.4, -0.2) is 68.3 Å². The van der Waals surface area contributed by atoms with Crippen LogP contribution in [0, 0.1) is 0 Å². The number of methoxy groups -OCH3 is 1. The second kappa shape index (κ2) is 10.1. The maximum Gasteiger partial charge on any atom is 0.255 e. The van der Waals surface area contributed by atoms with Gasteiger partial charge in [-0.2, -0.15) is 4.31 Å². The summed E-state index contributed by atoms with van der Waals surface area (Å²) in [6.45, 7) is 1.32. The molecule has 34 heavy (non-hydrogen) atoms. The molecule has 0 aromatic heterocycles. The van der Waals surface area contributed by atoms with E-state index in [2.05, 4.69) is 5.32 Å². The van der Waals surface area contributed by atoms with Crippen molar-refractivity contribution in [3.63, 3.8) is 0 Å². The average molecular weight is 487 g/mol. The van der Waals surface area contributed by atoms with Gasteiger partial charge in [0.1, 0.15) is 11.8 Å². The summed E-state index contributed by atoms with van der Waals surface area (Å²) in [4.78, 5) is 27.4. The van der Waals surface area contributed by atoms with Crippen molar-refractivity contribution in [2.24, 2.45) is 5.73 Å². The fraction of sp³-hybridized carbons (Fsp3) is 0.417. The van der Waals surface area contributed by atoms with Gasteiger partial charge in [-0.1, -0.05) is 12.5 Å². The molecule has 3 N–H and O–H groups in total. The molecule has 0 spiro atoms. The van der Waals surface area contributed by atoms with Crippen LogP contribution < -0.4 is 15.8 Å². The lowest BCUT2D eigenvalue weighted by Gasteiger charge is -2.35. The Morgan fingerprint density at radius 1 is 1.06 bits per heavy atom. The fourth-order valence-electron chi connectivity index (χ4n) is 4.45. The van der Waals surface area contributed by atoms with Crippen LogP contribution in [0.15, 0.2) is 53.4 Å². The predicted octanol–water partition coefficient (Wildman–Crippen LogP) is 2.05. The molecule has 2 aromatic rings. The second-order valence-electron chi connectivity index (χ2n) is 8.67. The molecular formula is C24H30N4O5S. The van der Waals surface area contributed by atoms with E-state index in [0.717, 1.165) is 12.8 Å². The quantitative estimate of drug-likeness (QED) is 0.645. The third kappa shape index (κ3) is 5.08. The lowest BCUT2D eigenvalue weighted by molar-refractivity contribution is -0.135. The third-order valence-electron chi connectivity index (χ3n) is 6.33. The summed E-state index contributed by atoms with van der Waals surface area (Å²) in [7, 11) is -2.36. The fourth-order valence-corrected chi connectivity index (χ4v) is 6.10. The summed E-state index contributed by atoms with van der Waals surface area (Å²) >= 11 is 0. The zero-order chi connectivity index (χ0) is 24.3. The number of carbonyl (C=O) groups excluding carboxylic acids is 2. The summed E-state index contributed by atoms with van der Waals surface area (Å²) in [5.41, 5.74) is 6.83. The summed E-state index contributed by atoms with van der Waals surface area (Å²) in [6, 6.07) is 12.0. The van der Waals surface area contributed by atoms with Crippen LogP contribution in [0.25, 0.3) is 0 Å². The zero-order valence-corrected chi connectivity index (χ0v) is 20.0. The van der Waals surface area contributed by atoms with Crippen LogP contribution >= 0.6 is 0 Å². The molecule has 2 aliphatic rings. The SMILES string of the molecule is COc1cccc(C(=O)Nc2ccc(S(=O)(=O)N3CCCC[C@H]3C(=O)N3CC[C@H](N)C3)cc2)c1. The number of anilines is 1. The van der Waals surface area contributed by atoms with Gasteiger partial charge in [-0.3, -0.25) is 9.59 Å². The number of likely N-dealkylation sites (tertiary alicyclic amines) is 1. The number of benzene rings is 2. The maximum atomic E-state index is 13.4. The number of nitrogens with one attached hydrogen (secondary N) is 1. The number of amides is 2. The summed E-state index contributed by atoms with van der Waals surface area (Å²) < 4.78 is 33.3. The van der Waals surface area contributed by atoms with Gasteiger partial charge in [0, 0.05) is 36.9 Å². The number of hydrogen-bond donors (Lipinski definition) is 2. The van der Waals surface area contributed by atoms with Gasteiger partial charge in [-0.15, -0.1) is 0 Å². The van der Waals surface area contributed by atoms with Gasteiger partial charge in [0.2, 0.25) is 15.9 Å². The number of sulfonamides is 1. The zero-order valence-electron chi connectivity index (χ0n) is 19.1. The Kier molecular flexibility index (Phi) is 7.20. The molecule has 0 unspecified atom stereocenters. The van der Waals surface area contributed by atoms with Crippen molar-refractivity contribution >= 4 is 27.5 Å². The van der Waals surface area contributed by atoms with E-state index in [0.29, 0.717) is 49.5 Å². The largest absolute Gasteiger partial charge is 0.497 e. The Hall–Kier alpha value is -2.95.